The molecule has 3 heteroatoms. The van der Waals surface area contributed by atoms with Crippen LogP contribution >= 0.6 is 0 Å². The van der Waals surface area contributed by atoms with Crippen LogP contribution in [0, 0.1) is 10.8 Å². The minimum Gasteiger partial charge on any atom is -0.303 e. The molecule has 0 radical (unpaired) electrons. The predicted molar refractivity (Wildman–Crippen MR) is 115 cm³/mol. The molecule has 0 amide bonds. The number of likely N-dealkylation sites (tertiary alicyclic amines) is 1. The zero-order valence-corrected chi connectivity index (χ0v) is 18.5. The zero-order chi connectivity index (χ0) is 18.9. The molecule has 2 aliphatic heterocycles. The Morgan fingerprint density at radius 2 is 1.44 bits per heavy atom. The molecule has 0 aromatic carbocycles. The number of hydrogen-bond donors (Lipinski definition) is 0. The number of piperazine rings is 1. The highest BCUT2D eigenvalue weighted by Crippen LogP contribution is 2.52. The first kappa shape index (κ1) is 20.2. The van der Waals surface area contributed by atoms with Gasteiger partial charge in [-0.2, -0.15) is 0 Å². The van der Waals surface area contributed by atoms with Crippen molar-refractivity contribution in [3.05, 3.63) is 0 Å². The van der Waals surface area contributed by atoms with Crippen molar-refractivity contribution in [1.82, 2.24) is 14.7 Å². The van der Waals surface area contributed by atoms with Crippen LogP contribution in [0.2, 0.25) is 0 Å². The van der Waals surface area contributed by atoms with E-state index >= 15 is 0 Å². The summed E-state index contributed by atoms with van der Waals surface area (Å²) in [6.07, 6.45) is 14.8. The first-order chi connectivity index (χ1) is 13.0. The molecule has 156 valence electrons. The van der Waals surface area contributed by atoms with E-state index in [1.807, 2.05) is 0 Å². The van der Waals surface area contributed by atoms with E-state index in [1.54, 1.807) is 0 Å². The number of rotatable bonds is 6. The monoisotopic (exact) mass is 375 g/mol. The summed E-state index contributed by atoms with van der Waals surface area (Å²) in [5.74, 6) is 0. The van der Waals surface area contributed by atoms with Crippen molar-refractivity contribution in [2.45, 2.75) is 97.1 Å². The Bertz CT molecular complexity index is 458. The van der Waals surface area contributed by atoms with Crippen LogP contribution in [0.15, 0.2) is 0 Å². The van der Waals surface area contributed by atoms with E-state index in [2.05, 4.69) is 35.5 Å². The Kier molecular flexibility index (Phi) is 6.21. The third kappa shape index (κ3) is 4.73. The van der Waals surface area contributed by atoms with Crippen LogP contribution in [0.25, 0.3) is 0 Å². The maximum Gasteiger partial charge on any atom is 0.0113 e. The summed E-state index contributed by atoms with van der Waals surface area (Å²) in [5.41, 5.74) is 1.46. The second-order valence-corrected chi connectivity index (χ2v) is 10.9. The summed E-state index contributed by atoms with van der Waals surface area (Å²) < 4.78 is 0. The third-order valence-electron chi connectivity index (χ3n) is 8.82. The molecule has 0 aromatic rings. The SMILES string of the molecule is CCCC1(CN2CCC3(CCC(N4CCN(C(C)C)CC4)CC3)CC2)CC1. The van der Waals surface area contributed by atoms with Gasteiger partial charge in [0.05, 0.1) is 0 Å². The Hall–Kier alpha value is -0.120. The van der Waals surface area contributed by atoms with Crippen LogP contribution in [0.5, 0.6) is 0 Å². The summed E-state index contributed by atoms with van der Waals surface area (Å²) in [4.78, 5) is 8.33. The lowest BCUT2D eigenvalue weighted by atomic mass is 9.66. The van der Waals surface area contributed by atoms with Crippen LogP contribution in [0.4, 0.5) is 0 Å². The number of piperidine rings is 1. The normalized spacial score (nSPS) is 30.2. The van der Waals surface area contributed by atoms with Crippen molar-refractivity contribution >= 4 is 0 Å². The van der Waals surface area contributed by atoms with Crippen LogP contribution in [-0.4, -0.2) is 72.6 Å². The molecule has 0 unspecified atom stereocenters. The Morgan fingerprint density at radius 3 is 1.96 bits per heavy atom. The van der Waals surface area contributed by atoms with E-state index in [4.69, 9.17) is 0 Å². The highest BCUT2D eigenvalue weighted by atomic mass is 15.3. The molecule has 27 heavy (non-hydrogen) atoms. The molecule has 1 spiro atoms. The fraction of sp³-hybridized carbons (Fsp3) is 1.00. The second kappa shape index (κ2) is 8.32. The lowest BCUT2D eigenvalue weighted by Gasteiger charge is -2.49. The standard InChI is InChI=1S/C24H45N3/c1-4-7-24(10-11-24)20-25-14-12-23(13-15-25)8-5-22(6-9-23)27-18-16-26(17-19-27)21(2)3/h21-22H,4-20H2,1-3H3. The first-order valence-electron chi connectivity index (χ1n) is 12.2. The minimum absolute atomic E-state index is 0.716. The van der Waals surface area contributed by atoms with Gasteiger partial charge in [0.15, 0.2) is 0 Å². The highest BCUT2D eigenvalue weighted by molar-refractivity contribution is 4.98. The van der Waals surface area contributed by atoms with E-state index in [0.29, 0.717) is 5.41 Å². The van der Waals surface area contributed by atoms with Gasteiger partial charge in [-0.1, -0.05) is 13.3 Å². The van der Waals surface area contributed by atoms with Crippen molar-refractivity contribution in [2.75, 3.05) is 45.8 Å². The Morgan fingerprint density at radius 1 is 0.815 bits per heavy atom. The summed E-state index contributed by atoms with van der Waals surface area (Å²) >= 11 is 0. The molecule has 2 aliphatic carbocycles. The first-order valence-corrected chi connectivity index (χ1v) is 12.2. The van der Waals surface area contributed by atoms with Gasteiger partial charge < -0.3 is 4.90 Å². The van der Waals surface area contributed by atoms with Crippen LogP contribution in [0.1, 0.15) is 85.0 Å². The van der Waals surface area contributed by atoms with Gasteiger partial charge in [0.1, 0.15) is 0 Å². The Labute approximate surface area is 168 Å². The van der Waals surface area contributed by atoms with Gasteiger partial charge in [0, 0.05) is 44.8 Å². The van der Waals surface area contributed by atoms with E-state index in [-0.39, 0.29) is 0 Å². The lowest BCUT2D eigenvalue weighted by Crippen LogP contribution is -2.53. The summed E-state index contributed by atoms with van der Waals surface area (Å²) in [6.45, 7) is 16.5. The molecule has 0 N–H and O–H groups in total. The van der Waals surface area contributed by atoms with Crippen LogP contribution < -0.4 is 0 Å². The van der Waals surface area contributed by atoms with Crippen molar-refractivity contribution in [3.8, 4) is 0 Å². The van der Waals surface area contributed by atoms with E-state index in [9.17, 15) is 0 Å². The Balaban J connectivity index is 1.20. The average molecular weight is 376 g/mol. The molecule has 2 saturated heterocycles. The van der Waals surface area contributed by atoms with Gasteiger partial charge in [-0.15, -0.1) is 0 Å². The van der Waals surface area contributed by atoms with E-state index in [1.165, 1.54) is 110 Å². The minimum atomic E-state index is 0.716. The van der Waals surface area contributed by atoms with Crippen molar-refractivity contribution in [3.63, 3.8) is 0 Å². The zero-order valence-electron chi connectivity index (χ0n) is 18.5. The molecule has 0 bridgehead atoms. The molecular weight excluding hydrogens is 330 g/mol. The molecule has 2 saturated carbocycles. The molecular formula is C24H45N3. The molecule has 0 aromatic heterocycles. The summed E-state index contributed by atoms with van der Waals surface area (Å²) in [7, 11) is 0. The summed E-state index contributed by atoms with van der Waals surface area (Å²) in [5, 5.41) is 0. The average Bonchev–Trinajstić information content (AvgIpc) is 3.44. The maximum absolute atomic E-state index is 2.84. The van der Waals surface area contributed by atoms with Gasteiger partial charge >= 0.3 is 0 Å². The smallest absolute Gasteiger partial charge is 0.0113 e. The van der Waals surface area contributed by atoms with Gasteiger partial charge in [-0.25, -0.2) is 0 Å². The number of nitrogens with zero attached hydrogens (tertiary/aromatic N) is 3. The second-order valence-electron chi connectivity index (χ2n) is 10.9. The fourth-order valence-corrected chi connectivity index (χ4v) is 6.55. The van der Waals surface area contributed by atoms with Crippen molar-refractivity contribution < 1.29 is 0 Å². The van der Waals surface area contributed by atoms with Gasteiger partial charge in [0.2, 0.25) is 0 Å². The van der Waals surface area contributed by atoms with Gasteiger partial charge in [-0.3, -0.25) is 9.80 Å². The molecule has 4 aliphatic rings. The molecule has 4 rings (SSSR count). The lowest BCUT2D eigenvalue weighted by molar-refractivity contribution is 0.00905. The van der Waals surface area contributed by atoms with E-state index in [0.717, 1.165) is 17.5 Å². The maximum atomic E-state index is 2.84. The highest BCUT2D eigenvalue weighted by Gasteiger charge is 2.45. The quantitative estimate of drug-likeness (QED) is 0.671. The fourth-order valence-electron chi connectivity index (χ4n) is 6.55. The molecule has 0 atom stereocenters. The number of hydrogen-bond acceptors (Lipinski definition) is 3. The largest absolute Gasteiger partial charge is 0.303 e. The third-order valence-corrected chi connectivity index (χ3v) is 8.82. The van der Waals surface area contributed by atoms with Gasteiger partial charge in [0.25, 0.3) is 0 Å². The van der Waals surface area contributed by atoms with E-state index < -0.39 is 0 Å². The molecule has 2 heterocycles. The van der Waals surface area contributed by atoms with Crippen molar-refractivity contribution in [1.29, 1.82) is 0 Å². The summed E-state index contributed by atoms with van der Waals surface area (Å²) in [6, 6.07) is 1.61. The predicted octanol–water partition coefficient (Wildman–Crippen LogP) is 4.62. The van der Waals surface area contributed by atoms with Crippen molar-refractivity contribution in [2.24, 2.45) is 10.8 Å². The topological polar surface area (TPSA) is 9.72 Å². The van der Waals surface area contributed by atoms with Crippen LogP contribution in [0.3, 0.4) is 0 Å². The van der Waals surface area contributed by atoms with Crippen LogP contribution in [-0.2, 0) is 0 Å². The molecule has 3 nitrogen and oxygen atoms in total. The molecule has 4 fully saturated rings. The van der Waals surface area contributed by atoms with Gasteiger partial charge in [-0.05, 0) is 95.6 Å².